The normalized spacial score (nSPS) is 11.3. The molecule has 0 radical (unpaired) electrons. The molecule has 2 rings (SSSR count). The van der Waals surface area contributed by atoms with Crippen LogP contribution in [0.2, 0.25) is 0 Å². The van der Waals surface area contributed by atoms with Crippen LogP contribution in [-0.4, -0.2) is 28.3 Å². The molecule has 0 aliphatic carbocycles. The zero-order chi connectivity index (χ0) is 16.2. The predicted octanol–water partition coefficient (Wildman–Crippen LogP) is 2.93. The molecule has 118 valence electrons. The average Bonchev–Trinajstić information content (AvgIpc) is 2.94. The summed E-state index contributed by atoms with van der Waals surface area (Å²) in [6.07, 6.45) is 3.56. The van der Waals surface area contributed by atoms with Crippen LogP contribution in [0, 0.1) is 6.92 Å². The summed E-state index contributed by atoms with van der Waals surface area (Å²) >= 11 is 0. The molecule has 0 aliphatic rings. The Bertz CT molecular complexity index is 636. The number of anilines is 1. The molecule has 0 aliphatic heterocycles. The molecule has 0 bridgehead atoms. The lowest BCUT2D eigenvalue weighted by Gasteiger charge is -2.25. The van der Waals surface area contributed by atoms with Gasteiger partial charge in [-0.3, -0.25) is 0 Å². The van der Waals surface area contributed by atoms with Crippen LogP contribution in [0.1, 0.15) is 25.8 Å². The van der Waals surface area contributed by atoms with Crippen molar-refractivity contribution in [2.45, 2.75) is 32.7 Å². The van der Waals surface area contributed by atoms with E-state index >= 15 is 0 Å². The number of urea groups is 1. The fourth-order valence-electron chi connectivity index (χ4n) is 2.06. The van der Waals surface area contributed by atoms with Crippen molar-refractivity contribution in [1.29, 1.82) is 0 Å². The van der Waals surface area contributed by atoms with Crippen LogP contribution in [0.15, 0.2) is 35.1 Å². The monoisotopic (exact) mass is 303 g/mol. The maximum Gasteiger partial charge on any atom is 0.319 e. The number of aliphatic hydroxyl groups excluding tert-OH is 1. The molecule has 1 heterocycles. The van der Waals surface area contributed by atoms with Gasteiger partial charge in [-0.05, 0) is 44.9 Å². The lowest BCUT2D eigenvalue weighted by atomic mass is 10.0. The summed E-state index contributed by atoms with van der Waals surface area (Å²) in [5.74, 6) is 0.504. The van der Waals surface area contributed by atoms with Crippen molar-refractivity contribution >= 4 is 11.7 Å². The van der Waals surface area contributed by atoms with E-state index in [1.165, 1.54) is 6.26 Å². The molecular weight excluding hydrogens is 282 g/mol. The number of carbonyl (C=O) groups is 1. The van der Waals surface area contributed by atoms with Crippen molar-refractivity contribution in [3.63, 3.8) is 0 Å². The van der Waals surface area contributed by atoms with E-state index in [1.54, 1.807) is 6.20 Å². The van der Waals surface area contributed by atoms with Gasteiger partial charge in [0, 0.05) is 23.4 Å². The van der Waals surface area contributed by atoms with Gasteiger partial charge in [-0.2, -0.15) is 0 Å². The van der Waals surface area contributed by atoms with E-state index in [2.05, 4.69) is 15.6 Å². The van der Waals surface area contributed by atoms with Crippen LogP contribution in [-0.2, 0) is 0 Å². The number of aromatic nitrogens is 1. The molecular formula is C16H21N3O3. The third-order valence-electron chi connectivity index (χ3n) is 3.35. The lowest BCUT2D eigenvalue weighted by Crippen LogP contribution is -2.46. The standard InChI is InChI=1S/C16H21N3O3/c1-11-4-5-12(14-17-7-9-22-14)10-13(11)18-15(21)19-16(2,3)6-8-20/h4-5,7,9-10,20H,6,8H2,1-3H3,(H2,18,19,21). The summed E-state index contributed by atoms with van der Waals surface area (Å²) < 4.78 is 5.26. The molecule has 1 aromatic heterocycles. The van der Waals surface area contributed by atoms with Gasteiger partial charge in [0.15, 0.2) is 0 Å². The van der Waals surface area contributed by atoms with Gasteiger partial charge >= 0.3 is 6.03 Å². The molecule has 0 saturated carbocycles. The Kier molecular flexibility index (Phi) is 4.82. The molecule has 1 aromatic carbocycles. The zero-order valence-corrected chi connectivity index (χ0v) is 13.0. The van der Waals surface area contributed by atoms with Crippen LogP contribution in [0.4, 0.5) is 10.5 Å². The number of hydrogen-bond acceptors (Lipinski definition) is 4. The Balaban J connectivity index is 2.12. The second-order valence-electron chi connectivity index (χ2n) is 5.80. The molecule has 0 saturated heterocycles. The first kappa shape index (κ1) is 16.0. The summed E-state index contributed by atoms with van der Waals surface area (Å²) in [5.41, 5.74) is 1.94. The zero-order valence-electron chi connectivity index (χ0n) is 13.0. The minimum absolute atomic E-state index is 0.0198. The Hall–Kier alpha value is -2.34. The van der Waals surface area contributed by atoms with Crippen LogP contribution in [0.5, 0.6) is 0 Å². The summed E-state index contributed by atoms with van der Waals surface area (Å²) in [5, 5.41) is 14.7. The Morgan fingerprint density at radius 3 is 2.82 bits per heavy atom. The Labute approximate surface area is 129 Å². The minimum atomic E-state index is -0.479. The summed E-state index contributed by atoms with van der Waals surface area (Å²) in [6.45, 7) is 5.65. The van der Waals surface area contributed by atoms with E-state index in [0.717, 1.165) is 11.1 Å². The number of amides is 2. The third-order valence-corrected chi connectivity index (χ3v) is 3.35. The number of carbonyl (C=O) groups excluding carboxylic acids is 1. The van der Waals surface area contributed by atoms with Crippen molar-refractivity contribution in [3.05, 3.63) is 36.2 Å². The topological polar surface area (TPSA) is 87.4 Å². The highest BCUT2D eigenvalue weighted by atomic mass is 16.3. The highest BCUT2D eigenvalue weighted by molar-refractivity contribution is 5.91. The first-order valence-corrected chi connectivity index (χ1v) is 7.12. The SMILES string of the molecule is Cc1ccc(-c2ncco2)cc1NC(=O)NC(C)(C)CCO. The molecule has 0 unspecified atom stereocenters. The molecule has 0 atom stereocenters. The summed E-state index contributed by atoms with van der Waals surface area (Å²) in [6, 6.07) is 5.29. The van der Waals surface area contributed by atoms with Crippen LogP contribution in [0.3, 0.4) is 0 Å². The Morgan fingerprint density at radius 2 is 2.18 bits per heavy atom. The molecule has 3 N–H and O–H groups in total. The van der Waals surface area contributed by atoms with Crippen molar-refractivity contribution < 1.29 is 14.3 Å². The van der Waals surface area contributed by atoms with Gasteiger partial charge < -0.3 is 20.2 Å². The maximum absolute atomic E-state index is 12.1. The van der Waals surface area contributed by atoms with E-state index in [0.29, 0.717) is 18.0 Å². The Morgan fingerprint density at radius 1 is 1.41 bits per heavy atom. The van der Waals surface area contributed by atoms with Gasteiger partial charge in [0.1, 0.15) is 6.26 Å². The van der Waals surface area contributed by atoms with E-state index in [1.807, 2.05) is 39.0 Å². The molecule has 6 nitrogen and oxygen atoms in total. The quantitative estimate of drug-likeness (QED) is 0.792. The van der Waals surface area contributed by atoms with Gasteiger partial charge in [0.05, 0.1) is 6.20 Å². The molecule has 0 fully saturated rings. The summed E-state index contributed by atoms with van der Waals surface area (Å²) in [7, 11) is 0. The average molecular weight is 303 g/mol. The number of nitrogens with one attached hydrogen (secondary N) is 2. The van der Waals surface area contributed by atoms with Crippen molar-refractivity contribution in [2.24, 2.45) is 0 Å². The van der Waals surface area contributed by atoms with Crippen LogP contribution >= 0.6 is 0 Å². The molecule has 2 aromatic rings. The minimum Gasteiger partial charge on any atom is -0.445 e. The van der Waals surface area contributed by atoms with Crippen molar-refractivity contribution in [1.82, 2.24) is 10.3 Å². The van der Waals surface area contributed by atoms with Crippen LogP contribution in [0.25, 0.3) is 11.5 Å². The van der Waals surface area contributed by atoms with Gasteiger partial charge in [-0.15, -0.1) is 0 Å². The van der Waals surface area contributed by atoms with E-state index in [-0.39, 0.29) is 12.6 Å². The number of hydrogen-bond donors (Lipinski definition) is 3. The van der Waals surface area contributed by atoms with Crippen LogP contribution < -0.4 is 10.6 Å². The number of aryl methyl sites for hydroxylation is 1. The molecule has 2 amide bonds. The number of aliphatic hydroxyl groups is 1. The first-order valence-electron chi connectivity index (χ1n) is 7.12. The van der Waals surface area contributed by atoms with Gasteiger partial charge in [-0.1, -0.05) is 6.07 Å². The largest absolute Gasteiger partial charge is 0.445 e. The maximum atomic E-state index is 12.1. The smallest absolute Gasteiger partial charge is 0.319 e. The van der Waals surface area contributed by atoms with Gasteiger partial charge in [-0.25, -0.2) is 9.78 Å². The van der Waals surface area contributed by atoms with Gasteiger partial charge in [0.2, 0.25) is 5.89 Å². The first-order chi connectivity index (χ1) is 10.4. The number of nitrogens with zero attached hydrogens (tertiary/aromatic N) is 1. The molecule has 6 heteroatoms. The van der Waals surface area contributed by atoms with E-state index < -0.39 is 5.54 Å². The lowest BCUT2D eigenvalue weighted by molar-refractivity contribution is 0.218. The second kappa shape index (κ2) is 6.62. The molecule has 0 spiro atoms. The fourth-order valence-corrected chi connectivity index (χ4v) is 2.06. The van der Waals surface area contributed by atoms with Gasteiger partial charge in [0.25, 0.3) is 0 Å². The molecule has 22 heavy (non-hydrogen) atoms. The van der Waals surface area contributed by atoms with E-state index in [4.69, 9.17) is 9.52 Å². The highest BCUT2D eigenvalue weighted by Crippen LogP contribution is 2.24. The highest BCUT2D eigenvalue weighted by Gasteiger charge is 2.20. The third kappa shape index (κ3) is 4.08. The second-order valence-corrected chi connectivity index (χ2v) is 5.80. The number of rotatable bonds is 5. The van der Waals surface area contributed by atoms with Crippen molar-refractivity contribution in [3.8, 4) is 11.5 Å². The number of oxazole rings is 1. The predicted molar refractivity (Wildman–Crippen MR) is 84.6 cm³/mol. The number of benzene rings is 1. The fraction of sp³-hybridized carbons (Fsp3) is 0.375. The van der Waals surface area contributed by atoms with Crippen molar-refractivity contribution in [2.75, 3.05) is 11.9 Å². The van der Waals surface area contributed by atoms with E-state index in [9.17, 15) is 4.79 Å². The summed E-state index contributed by atoms with van der Waals surface area (Å²) in [4.78, 5) is 16.2.